The van der Waals surface area contributed by atoms with E-state index in [2.05, 4.69) is 15.3 Å². The number of hydrogen-bond donors (Lipinski definition) is 1. The Morgan fingerprint density at radius 3 is 2.52 bits per heavy atom. The third-order valence-electron chi connectivity index (χ3n) is 4.97. The summed E-state index contributed by atoms with van der Waals surface area (Å²) in [5, 5.41) is 2.89. The predicted octanol–water partition coefficient (Wildman–Crippen LogP) is 0.465. The summed E-state index contributed by atoms with van der Waals surface area (Å²) in [7, 11) is -3.55. The minimum atomic E-state index is -3.55. The molecule has 1 aromatic carbocycles. The van der Waals surface area contributed by atoms with E-state index in [1.165, 1.54) is 4.31 Å². The Bertz CT molecular complexity index is 1240. The Hall–Kier alpha value is -3.31. The number of rotatable bonds is 6. The number of hydrogen-bond acceptors (Lipinski definition) is 8. The molecule has 0 aliphatic carbocycles. The van der Waals surface area contributed by atoms with Gasteiger partial charge in [-0.15, -0.1) is 0 Å². The Labute approximate surface area is 178 Å². The maximum atomic E-state index is 12.6. The molecule has 4 rings (SSSR count). The van der Waals surface area contributed by atoms with Gasteiger partial charge in [0.15, 0.2) is 11.2 Å². The average molecular weight is 443 g/mol. The van der Waals surface area contributed by atoms with Gasteiger partial charge >= 0.3 is 0 Å². The molecule has 1 N–H and O–H groups in total. The molecule has 1 aliphatic rings. The van der Waals surface area contributed by atoms with Crippen LogP contribution in [0.3, 0.4) is 0 Å². The van der Waals surface area contributed by atoms with Crippen molar-refractivity contribution in [3.8, 4) is 0 Å². The topological polar surface area (TPSA) is 126 Å². The molecule has 1 amide bonds. The average Bonchev–Trinajstić information content (AvgIpc) is 2.79. The number of fused-ring (bicyclic) bond motifs is 1. The number of carbonyl (C=O) groups is 1. The number of benzene rings is 1. The van der Waals surface area contributed by atoms with Gasteiger partial charge in [0.25, 0.3) is 5.91 Å². The lowest BCUT2D eigenvalue weighted by Gasteiger charge is -2.33. The minimum Gasteiger partial charge on any atom is -0.451 e. The Morgan fingerprint density at radius 1 is 1.06 bits per heavy atom. The van der Waals surface area contributed by atoms with E-state index >= 15 is 0 Å². The zero-order valence-corrected chi connectivity index (χ0v) is 17.4. The van der Waals surface area contributed by atoms with Crippen molar-refractivity contribution in [3.05, 3.63) is 64.8 Å². The van der Waals surface area contributed by atoms with E-state index in [0.717, 1.165) is 6.07 Å². The van der Waals surface area contributed by atoms with Gasteiger partial charge in [-0.3, -0.25) is 9.59 Å². The van der Waals surface area contributed by atoms with Crippen LogP contribution in [0.1, 0.15) is 10.6 Å². The SMILES string of the molecule is O=C(NCCS(=O)(=O)N1CCN(c2ncccn2)CC1)c1cc(=O)c2ccccc2o1. The quantitative estimate of drug-likeness (QED) is 0.583. The third kappa shape index (κ3) is 4.72. The highest BCUT2D eigenvalue weighted by molar-refractivity contribution is 7.89. The minimum absolute atomic E-state index is 0.0975. The fourth-order valence-corrected chi connectivity index (χ4v) is 4.68. The molecule has 11 heteroatoms. The number of nitrogens with zero attached hydrogens (tertiary/aromatic N) is 4. The summed E-state index contributed by atoms with van der Waals surface area (Å²) < 4.78 is 32.1. The summed E-state index contributed by atoms with van der Waals surface area (Å²) in [4.78, 5) is 34.7. The Balaban J connectivity index is 1.32. The number of amides is 1. The standard InChI is InChI=1S/C20H21N5O5S/c26-16-14-18(30-17-5-2-1-4-15(16)17)19(27)21-8-13-31(28,29)25-11-9-24(10-12-25)20-22-6-3-7-23-20/h1-7,14H,8-13H2,(H,21,27). The summed E-state index contributed by atoms with van der Waals surface area (Å²) >= 11 is 0. The smallest absolute Gasteiger partial charge is 0.287 e. The molecule has 3 heterocycles. The first-order chi connectivity index (χ1) is 14.9. The highest BCUT2D eigenvalue weighted by Gasteiger charge is 2.27. The van der Waals surface area contributed by atoms with Gasteiger partial charge < -0.3 is 14.6 Å². The molecule has 0 saturated carbocycles. The zero-order valence-electron chi connectivity index (χ0n) is 16.6. The van der Waals surface area contributed by atoms with Crippen molar-refractivity contribution in [1.82, 2.24) is 19.6 Å². The molecule has 31 heavy (non-hydrogen) atoms. The molecule has 1 saturated heterocycles. The predicted molar refractivity (Wildman–Crippen MR) is 114 cm³/mol. The van der Waals surface area contributed by atoms with Crippen molar-refractivity contribution in [2.75, 3.05) is 43.4 Å². The Morgan fingerprint density at radius 2 is 1.77 bits per heavy atom. The number of anilines is 1. The van der Waals surface area contributed by atoms with Crippen LogP contribution in [-0.2, 0) is 10.0 Å². The number of carbonyl (C=O) groups excluding carboxylic acids is 1. The summed E-state index contributed by atoms with van der Waals surface area (Å²) in [5.41, 5.74) is -0.0343. The van der Waals surface area contributed by atoms with E-state index in [1.807, 2.05) is 4.90 Å². The van der Waals surface area contributed by atoms with Crippen LogP contribution in [0.15, 0.2) is 58.0 Å². The summed E-state index contributed by atoms with van der Waals surface area (Å²) in [5.74, 6) is -0.469. The lowest BCUT2D eigenvalue weighted by Crippen LogP contribution is -2.50. The maximum Gasteiger partial charge on any atom is 0.287 e. The van der Waals surface area contributed by atoms with E-state index in [9.17, 15) is 18.0 Å². The van der Waals surface area contributed by atoms with Crippen molar-refractivity contribution in [2.45, 2.75) is 0 Å². The van der Waals surface area contributed by atoms with Gasteiger partial charge in [-0.1, -0.05) is 12.1 Å². The van der Waals surface area contributed by atoms with E-state index in [0.29, 0.717) is 43.1 Å². The maximum absolute atomic E-state index is 12.6. The molecule has 1 aliphatic heterocycles. The molecule has 162 valence electrons. The fourth-order valence-electron chi connectivity index (χ4n) is 3.35. The molecule has 0 bridgehead atoms. The van der Waals surface area contributed by atoms with Crippen LogP contribution < -0.4 is 15.6 Å². The summed E-state index contributed by atoms with van der Waals surface area (Å²) in [6, 6.07) is 9.44. The van der Waals surface area contributed by atoms with Crippen molar-refractivity contribution in [1.29, 1.82) is 0 Å². The van der Waals surface area contributed by atoms with Crippen LogP contribution >= 0.6 is 0 Å². The molecule has 2 aromatic heterocycles. The second-order valence-corrected chi connectivity index (χ2v) is 9.07. The van der Waals surface area contributed by atoms with Crippen molar-refractivity contribution >= 4 is 32.8 Å². The van der Waals surface area contributed by atoms with Crippen LogP contribution in [0.4, 0.5) is 5.95 Å². The lowest BCUT2D eigenvalue weighted by atomic mass is 10.2. The summed E-state index contributed by atoms with van der Waals surface area (Å²) in [6.45, 7) is 1.50. The lowest BCUT2D eigenvalue weighted by molar-refractivity contribution is 0.0929. The molecule has 1 fully saturated rings. The molecule has 0 unspecified atom stereocenters. The van der Waals surface area contributed by atoms with Crippen LogP contribution in [0.2, 0.25) is 0 Å². The molecular formula is C20H21N5O5S. The van der Waals surface area contributed by atoms with Crippen molar-refractivity contribution < 1.29 is 17.6 Å². The highest BCUT2D eigenvalue weighted by atomic mass is 32.2. The normalized spacial score (nSPS) is 15.2. The van der Waals surface area contributed by atoms with Gasteiger partial charge in [-0.2, -0.15) is 4.31 Å². The zero-order chi connectivity index (χ0) is 21.8. The first-order valence-corrected chi connectivity index (χ1v) is 11.4. The molecule has 0 radical (unpaired) electrons. The second kappa shape index (κ2) is 8.82. The Kier molecular flexibility index (Phi) is 5.96. The number of sulfonamides is 1. The van der Waals surface area contributed by atoms with Gasteiger partial charge in [0, 0.05) is 51.2 Å². The largest absolute Gasteiger partial charge is 0.451 e. The van der Waals surface area contributed by atoms with Gasteiger partial charge in [0.05, 0.1) is 11.1 Å². The van der Waals surface area contributed by atoms with Gasteiger partial charge in [-0.25, -0.2) is 18.4 Å². The second-order valence-electron chi connectivity index (χ2n) is 6.98. The number of aromatic nitrogens is 2. The van der Waals surface area contributed by atoms with Crippen molar-refractivity contribution in [2.24, 2.45) is 0 Å². The number of nitrogens with one attached hydrogen (secondary N) is 1. The van der Waals surface area contributed by atoms with Crippen LogP contribution in [0.5, 0.6) is 0 Å². The number of para-hydroxylation sites is 1. The molecular weight excluding hydrogens is 422 g/mol. The van der Waals surface area contributed by atoms with Gasteiger partial charge in [-0.05, 0) is 18.2 Å². The van der Waals surface area contributed by atoms with E-state index in [1.54, 1.807) is 42.7 Å². The van der Waals surface area contributed by atoms with Crippen molar-refractivity contribution in [3.63, 3.8) is 0 Å². The first-order valence-electron chi connectivity index (χ1n) is 9.75. The fraction of sp³-hybridized carbons (Fsp3) is 0.300. The molecule has 0 atom stereocenters. The van der Waals surface area contributed by atoms with Gasteiger partial charge in [0.1, 0.15) is 5.58 Å². The first kappa shape index (κ1) is 20.9. The van der Waals surface area contributed by atoms with Crippen LogP contribution in [0, 0.1) is 0 Å². The van der Waals surface area contributed by atoms with E-state index < -0.39 is 15.9 Å². The molecule has 3 aromatic rings. The number of piperazine rings is 1. The van der Waals surface area contributed by atoms with Crippen LogP contribution in [-0.4, -0.2) is 67.1 Å². The third-order valence-corrected chi connectivity index (χ3v) is 6.84. The molecule has 0 spiro atoms. The molecule has 10 nitrogen and oxygen atoms in total. The highest BCUT2D eigenvalue weighted by Crippen LogP contribution is 2.13. The van der Waals surface area contributed by atoms with Gasteiger partial charge in [0.2, 0.25) is 16.0 Å². The van der Waals surface area contributed by atoms with E-state index in [-0.39, 0.29) is 23.5 Å². The summed E-state index contributed by atoms with van der Waals surface area (Å²) in [6.07, 6.45) is 3.29. The van der Waals surface area contributed by atoms with E-state index in [4.69, 9.17) is 4.42 Å². The van der Waals surface area contributed by atoms with Crippen LogP contribution in [0.25, 0.3) is 11.0 Å². The monoisotopic (exact) mass is 443 g/mol.